The fourth-order valence-corrected chi connectivity index (χ4v) is 1.67. The van der Waals surface area contributed by atoms with Crippen LogP contribution in [0.25, 0.3) is 0 Å². The van der Waals surface area contributed by atoms with Crippen LogP contribution < -0.4 is 10.1 Å². The van der Waals surface area contributed by atoms with Crippen molar-refractivity contribution >= 4 is 12.2 Å². The van der Waals surface area contributed by atoms with E-state index in [2.05, 4.69) is 5.32 Å². The van der Waals surface area contributed by atoms with Crippen LogP contribution in [0.4, 0.5) is 0 Å². The number of carbonyl (C=O) groups is 2. The zero-order valence-corrected chi connectivity index (χ0v) is 10.4. The van der Waals surface area contributed by atoms with Crippen molar-refractivity contribution in [3.8, 4) is 5.75 Å². The molecule has 1 aromatic carbocycles. The van der Waals surface area contributed by atoms with Gasteiger partial charge in [-0.1, -0.05) is 0 Å². The fourth-order valence-electron chi connectivity index (χ4n) is 1.67. The maximum atomic E-state index is 11.3. The second-order valence-corrected chi connectivity index (χ2v) is 3.84. The van der Waals surface area contributed by atoms with Gasteiger partial charge in [-0.2, -0.15) is 0 Å². The quantitative estimate of drug-likeness (QED) is 0.789. The van der Waals surface area contributed by atoms with E-state index in [0.29, 0.717) is 17.9 Å². The van der Waals surface area contributed by atoms with Crippen molar-refractivity contribution in [1.29, 1.82) is 0 Å². The summed E-state index contributed by atoms with van der Waals surface area (Å²) in [5.74, 6) is 0.521. The molecule has 0 aliphatic heterocycles. The third kappa shape index (κ3) is 3.59. The van der Waals surface area contributed by atoms with Crippen LogP contribution in [0.5, 0.6) is 5.75 Å². The van der Waals surface area contributed by atoms with Gasteiger partial charge in [0.25, 0.3) is 5.91 Å². The van der Waals surface area contributed by atoms with E-state index in [1.165, 1.54) is 0 Å². The molecule has 1 N–H and O–H groups in total. The molecule has 1 amide bonds. The number of hydrogen-bond acceptors (Lipinski definition) is 3. The average Bonchev–Trinajstić information content (AvgIpc) is 2.28. The summed E-state index contributed by atoms with van der Waals surface area (Å²) in [7, 11) is 0. The molecule has 17 heavy (non-hydrogen) atoms. The number of amides is 1. The molecule has 4 heteroatoms. The lowest BCUT2D eigenvalue weighted by Gasteiger charge is -2.12. The second-order valence-electron chi connectivity index (χ2n) is 3.84. The van der Waals surface area contributed by atoms with Crippen LogP contribution in [-0.2, 0) is 4.79 Å². The fraction of sp³-hybridized carbons (Fsp3) is 0.385. The Balaban J connectivity index is 2.78. The molecule has 0 unspecified atom stereocenters. The van der Waals surface area contributed by atoms with E-state index in [1.807, 2.05) is 20.8 Å². The van der Waals surface area contributed by atoms with Crippen LogP contribution in [0, 0.1) is 13.8 Å². The number of ether oxygens (including phenoxy) is 1. The molecule has 0 atom stereocenters. The van der Waals surface area contributed by atoms with Crippen molar-refractivity contribution in [2.45, 2.75) is 20.8 Å². The van der Waals surface area contributed by atoms with Gasteiger partial charge in [-0.3, -0.25) is 9.59 Å². The standard InChI is InChI=1S/C13H17NO3/c1-4-14-12(16)8-17-13-9(2)5-11(7-15)6-10(13)3/h5-7H,4,8H2,1-3H3,(H,14,16). The van der Waals surface area contributed by atoms with Crippen molar-refractivity contribution in [3.05, 3.63) is 28.8 Å². The molecule has 0 spiro atoms. The number of aldehydes is 1. The molecule has 0 radical (unpaired) electrons. The summed E-state index contributed by atoms with van der Waals surface area (Å²) in [6, 6.07) is 3.49. The van der Waals surface area contributed by atoms with Crippen molar-refractivity contribution in [2.24, 2.45) is 0 Å². The summed E-state index contributed by atoms with van der Waals surface area (Å²) < 4.78 is 5.45. The highest BCUT2D eigenvalue weighted by atomic mass is 16.5. The Hall–Kier alpha value is -1.84. The molecule has 0 aromatic heterocycles. The highest BCUT2D eigenvalue weighted by Crippen LogP contribution is 2.24. The maximum absolute atomic E-state index is 11.3. The maximum Gasteiger partial charge on any atom is 0.257 e. The predicted molar refractivity (Wildman–Crippen MR) is 65.5 cm³/mol. The minimum atomic E-state index is -0.147. The zero-order chi connectivity index (χ0) is 12.8. The number of rotatable bonds is 5. The molecule has 1 aromatic rings. The number of aryl methyl sites for hydroxylation is 2. The molecule has 0 heterocycles. The minimum Gasteiger partial charge on any atom is -0.483 e. The third-order valence-corrected chi connectivity index (χ3v) is 2.34. The van der Waals surface area contributed by atoms with Crippen molar-refractivity contribution in [3.63, 3.8) is 0 Å². The molecule has 92 valence electrons. The lowest BCUT2D eigenvalue weighted by atomic mass is 10.1. The molecule has 0 fully saturated rings. The average molecular weight is 235 g/mol. The van der Waals surface area contributed by atoms with Crippen LogP contribution in [0.1, 0.15) is 28.4 Å². The van der Waals surface area contributed by atoms with Crippen LogP contribution in [0.15, 0.2) is 12.1 Å². The topological polar surface area (TPSA) is 55.4 Å². The predicted octanol–water partition coefficient (Wildman–Crippen LogP) is 1.63. The summed E-state index contributed by atoms with van der Waals surface area (Å²) >= 11 is 0. The van der Waals surface area contributed by atoms with E-state index < -0.39 is 0 Å². The Labute approximate surface area is 101 Å². The van der Waals surface area contributed by atoms with E-state index in [0.717, 1.165) is 17.4 Å². The largest absolute Gasteiger partial charge is 0.483 e. The monoisotopic (exact) mass is 235 g/mol. The lowest BCUT2D eigenvalue weighted by molar-refractivity contribution is -0.122. The van der Waals surface area contributed by atoms with Gasteiger partial charge >= 0.3 is 0 Å². The number of carbonyl (C=O) groups excluding carboxylic acids is 2. The molecule has 0 saturated heterocycles. The SMILES string of the molecule is CCNC(=O)COc1c(C)cc(C=O)cc1C. The van der Waals surface area contributed by atoms with Gasteiger partial charge in [-0.25, -0.2) is 0 Å². The van der Waals surface area contributed by atoms with Gasteiger partial charge in [0.15, 0.2) is 6.61 Å². The molecular weight excluding hydrogens is 218 g/mol. The highest BCUT2D eigenvalue weighted by molar-refractivity contribution is 5.78. The number of likely N-dealkylation sites (N-methyl/N-ethyl adjacent to an activating group) is 1. The first kappa shape index (κ1) is 13.2. The lowest BCUT2D eigenvalue weighted by Crippen LogP contribution is -2.28. The molecule has 0 aliphatic rings. The molecule has 0 aliphatic carbocycles. The third-order valence-electron chi connectivity index (χ3n) is 2.34. The molecule has 1 rings (SSSR count). The van der Waals surface area contributed by atoms with Crippen LogP contribution in [0.2, 0.25) is 0 Å². The van der Waals surface area contributed by atoms with E-state index in [9.17, 15) is 9.59 Å². The Kier molecular flexibility index (Phi) is 4.69. The van der Waals surface area contributed by atoms with E-state index in [4.69, 9.17) is 4.74 Å². The van der Waals surface area contributed by atoms with Gasteiger partial charge in [-0.05, 0) is 44.0 Å². The van der Waals surface area contributed by atoms with Crippen LogP contribution in [-0.4, -0.2) is 25.3 Å². The van der Waals surface area contributed by atoms with Crippen LogP contribution in [0.3, 0.4) is 0 Å². The van der Waals surface area contributed by atoms with E-state index in [1.54, 1.807) is 12.1 Å². The summed E-state index contributed by atoms with van der Waals surface area (Å²) in [6.07, 6.45) is 0.799. The zero-order valence-electron chi connectivity index (χ0n) is 10.4. The number of benzene rings is 1. The number of nitrogens with one attached hydrogen (secondary N) is 1. The number of hydrogen-bond donors (Lipinski definition) is 1. The first-order chi connectivity index (χ1) is 8.08. The minimum absolute atomic E-state index is 0.00401. The van der Waals surface area contributed by atoms with E-state index in [-0.39, 0.29) is 12.5 Å². The Morgan fingerprint density at radius 2 is 1.94 bits per heavy atom. The van der Waals surface area contributed by atoms with Crippen molar-refractivity contribution < 1.29 is 14.3 Å². The Morgan fingerprint density at radius 1 is 1.35 bits per heavy atom. The van der Waals surface area contributed by atoms with Crippen LogP contribution >= 0.6 is 0 Å². The normalized spacial score (nSPS) is 9.82. The smallest absolute Gasteiger partial charge is 0.257 e. The summed E-state index contributed by atoms with van der Waals surface area (Å²) in [4.78, 5) is 21.9. The van der Waals surface area contributed by atoms with Crippen molar-refractivity contribution in [1.82, 2.24) is 5.32 Å². The van der Waals surface area contributed by atoms with Gasteiger partial charge in [0, 0.05) is 12.1 Å². The first-order valence-corrected chi connectivity index (χ1v) is 5.54. The van der Waals surface area contributed by atoms with Crippen molar-refractivity contribution in [2.75, 3.05) is 13.2 Å². The molecule has 4 nitrogen and oxygen atoms in total. The highest BCUT2D eigenvalue weighted by Gasteiger charge is 2.08. The first-order valence-electron chi connectivity index (χ1n) is 5.54. The molecular formula is C13H17NO3. The van der Waals surface area contributed by atoms with Gasteiger partial charge in [0.05, 0.1) is 0 Å². The van der Waals surface area contributed by atoms with Gasteiger partial charge < -0.3 is 10.1 Å². The Morgan fingerprint density at radius 3 is 2.41 bits per heavy atom. The molecule has 0 saturated carbocycles. The van der Waals surface area contributed by atoms with Gasteiger partial charge in [0.2, 0.25) is 0 Å². The summed E-state index contributed by atoms with van der Waals surface area (Å²) in [5.41, 5.74) is 2.33. The molecule has 0 bridgehead atoms. The summed E-state index contributed by atoms with van der Waals surface area (Å²) in [6.45, 7) is 6.15. The second kappa shape index (κ2) is 6.03. The van der Waals surface area contributed by atoms with Gasteiger partial charge in [0.1, 0.15) is 12.0 Å². The summed E-state index contributed by atoms with van der Waals surface area (Å²) in [5, 5.41) is 2.66. The van der Waals surface area contributed by atoms with E-state index >= 15 is 0 Å². The van der Waals surface area contributed by atoms with Gasteiger partial charge in [-0.15, -0.1) is 0 Å². The Bertz CT molecular complexity index is 404.